The van der Waals surface area contributed by atoms with Crippen LogP contribution in [0, 0.1) is 0 Å². The van der Waals surface area contributed by atoms with Gasteiger partial charge in [0.05, 0.1) is 19.6 Å². The SMILES string of the molecule is NCC(=O)N1CCC[C@H]1C(=O)NCC(=O)N(C[C]=O)C(=O)OCc1ccccc1. The van der Waals surface area contributed by atoms with Crippen molar-refractivity contribution in [1.82, 2.24) is 15.1 Å². The molecule has 1 fully saturated rings. The second kappa shape index (κ2) is 10.9. The molecule has 0 unspecified atom stereocenters. The first kappa shape index (κ1) is 22.0. The molecule has 0 spiro atoms. The van der Waals surface area contributed by atoms with Gasteiger partial charge in [-0.2, -0.15) is 0 Å². The average molecular weight is 403 g/mol. The summed E-state index contributed by atoms with van der Waals surface area (Å²) in [6.45, 7) is -1.02. The monoisotopic (exact) mass is 403 g/mol. The summed E-state index contributed by atoms with van der Waals surface area (Å²) in [4.78, 5) is 61.2. The van der Waals surface area contributed by atoms with Crippen LogP contribution in [0.15, 0.2) is 30.3 Å². The van der Waals surface area contributed by atoms with E-state index in [1.54, 1.807) is 30.3 Å². The largest absolute Gasteiger partial charge is 0.444 e. The van der Waals surface area contributed by atoms with Gasteiger partial charge in [-0.05, 0) is 18.4 Å². The van der Waals surface area contributed by atoms with E-state index in [2.05, 4.69) is 5.32 Å². The molecule has 10 nitrogen and oxygen atoms in total. The van der Waals surface area contributed by atoms with E-state index in [0.29, 0.717) is 29.8 Å². The zero-order valence-corrected chi connectivity index (χ0v) is 15.8. The predicted molar refractivity (Wildman–Crippen MR) is 101 cm³/mol. The standard InChI is InChI=1S/C19H23N4O6/c20-11-16(25)22-8-4-7-15(22)18(27)21-12-17(26)23(9-10-24)19(28)29-13-14-5-2-1-3-6-14/h1-3,5-6,15H,4,7-9,11-13,20H2,(H,21,27)/t15-/m0/s1. The van der Waals surface area contributed by atoms with Gasteiger partial charge in [-0.1, -0.05) is 30.3 Å². The number of hydrogen-bond acceptors (Lipinski definition) is 7. The second-order valence-electron chi connectivity index (χ2n) is 6.33. The Kier molecular flexibility index (Phi) is 8.28. The maximum Gasteiger partial charge on any atom is 0.417 e. The minimum absolute atomic E-state index is 0.0765. The molecule has 155 valence electrons. The van der Waals surface area contributed by atoms with Crippen LogP contribution in [0.1, 0.15) is 18.4 Å². The van der Waals surface area contributed by atoms with E-state index in [1.165, 1.54) is 11.2 Å². The number of nitrogens with two attached hydrogens (primary N) is 1. The van der Waals surface area contributed by atoms with Crippen LogP contribution < -0.4 is 11.1 Å². The molecule has 0 aliphatic carbocycles. The van der Waals surface area contributed by atoms with Gasteiger partial charge in [-0.15, -0.1) is 0 Å². The van der Waals surface area contributed by atoms with Crippen LogP contribution in [0.3, 0.4) is 0 Å². The van der Waals surface area contributed by atoms with Crippen LogP contribution in [0.4, 0.5) is 4.79 Å². The van der Waals surface area contributed by atoms with Crippen molar-refractivity contribution in [3.8, 4) is 0 Å². The number of likely N-dealkylation sites (tertiary alicyclic amines) is 1. The highest BCUT2D eigenvalue weighted by molar-refractivity contribution is 5.97. The van der Waals surface area contributed by atoms with Crippen molar-refractivity contribution in [3.05, 3.63) is 35.9 Å². The number of benzene rings is 1. The Labute approximate surface area is 168 Å². The summed E-state index contributed by atoms with van der Waals surface area (Å²) in [5.74, 6) is -1.70. The Morgan fingerprint density at radius 2 is 1.97 bits per heavy atom. The highest BCUT2D eigenvalue weighted by Crippen LogP contribution is 2.17. The highest BCUT2D eigenvalue weighted by atomic mass is 16.6. The lowest BCUT2D eigenvalue weighted by Gasteiger charge is -2.24. The summed E-state index contributed by atoms with van der Waals surface area (Å²) in [6.07, 6.45) is 1.56. The van der Waals surface area contributed by atoms with Crippen LogP contribution in [0.5, 0.6) is 0 Å². The number of hydrogen-bond donors (Lipinski definition) is 2. The Morgan fingerprint density at radius 1 is 1.24 bits per heavy atom. The minimum Gasteiger partial charge on any atom is -0.444 e. The first-order chi connectivity index (χ1) is 14.0. The van der Waals surface area contributed by atoms with Crippen LogP contribution >= 0.6 is 0 Å². The van der Waals surface area contributed by atoms with E-state index < -0.39 is 37.0 Å². The van der Waals surface area contributed by atoms with Gasteiger partial charge in [0, 0.05) is 6.54 Å². The molecule has 3 N–H and O–H groups in total. The lowest BCUT2D eigenvalue weighted by molar-refractivity contribution is -0.138. The van der Waals surface area contributed by atoms with Crippen molar-refractivity contribution < 1.29 is 28.7 Å². The fourth-order valence-electron chi connectivity index (χ4n) is 2.95. The van der Waals surface area contributed by atoms with Gasteiger partial charge < -0.3 is 20.7 Å². The van der Waals surface area contributed by atoms with E-state index in [0.717, 1.165) is 0 Å². The Bertz CT molecular complexity index is 754. The molecule has 1 radical (unpaired) electrons. The molecule has 1 heterocycles. The summed E-state index contributed by atoms with van der Waals surface area (Å²) in [6, 6.07) is 8.10. The predicted octanol–water partition coefficient (Wildman–Crippen LogP) is -0.673. The fourth-order valence-corrected chi connectivity index (χ4v) is 2.95. The zero-order valence-electron chi connectivity index (χ0n) is 15.8. The number of carbonyl (C=O) groups excluding carboxylic acids is 5. The normalized spacial score (nSPS) is 15.5. The number of nitrogens with one attached hydrogen (secondary N) is 1. The topological polar surface area (TPSA) is 139 Å². The molecule has 1 aliphatic heterocycles. The number of rotatable bonds is 8. The van der Waals surface area contributed by atoms with E-state index >= 15 is 0 Å². The smallest absolute Gasteiger partial charge is 0.417 e. The molecule has 2 rings (SSSR count). The van der Waals surface area contributed by atoms with Gasteiger partial charge in [0.15, 0.2) is 0 Å². The number of carbonyl (C=O) groups is 4. The Morgan fingerprint density at radius 3 is 2.62 bits per heavy atom. The number of ether oxygens (including phenoxy) is 1. The number of imide groups is 1. The van der Waals surface area contributed by atoms with Gasteiger partial charge in [0.2, 0.25) is 18.1 Å². The maximum atomic E-state index is 12.3. The third kappa shape index (κ3) is 6.11. The van der Waals surface area contributed by atoms with Crippen molar-refractivity contribution in [3.63, 3.8) is 0 Å². The fraction of sp³-hybridized carbons (Fsp3) is 0.421. The molecule has 29 heavy (non-hydrogen) atoms. The molecule has 0 saturated carbocycles. The van der Waals surface area contributed by atoms with Gasteiger partial charge in [0.1, 0.15) is 12.6 Å². The first-order valence-corrected chi connectivity index (χ1v) is 9.11. The zero-order chi connectivity index (χ0) is 21.2. The van der Waals surface area contributed by atoms with Crippen molar-refractivity contribution >= 4 is 30.1 Å². The first-order valence-electron chi connectivity index (χ1n) is 9.11. The summed E-state index contributed by atoms with van der Waals surface area (Å²) in [5.41, 5.74) is 6.05. The molecule has 1 aliphatic rings. The molecular formula is C19H23N4O6. The van der Waals surface area contributed by atoms with Crippen LogP contribution in [-0.2, 0) is 30.5 Å². The van der Waals surface area contributed by atoms with Crippen molar-refractivity contribution in [1.29, 1.82) is 0 Å². The van der Waals surface area contributed by atoms with Crippen LogP contribution in [0.25, 0.3) is 0 Å². The molecular weight excluding hydrogens is 380 g/mol. The Balaban J connectivity index is 1.89. The molecule has 1 aromatic carbocycles. The third-order valence-corrected chi connectivity index (χ3v) is 4.41. The van der Waals surface area contributed by atoms with Crippen molar-refractivity contribution in [2.75, 3.05) is 26.2 Å². The molecule has 10 heteroatoms. The van der Waals surface area contributed by atoms with E-state index in [-0.39, 0.29) is 19.1 Å². The summed E-state index contributed by atoms with van der Waals surface area (Å²) in [7, 11) is 0. The molecule has 0 bridgehead atoms. The van der Waals surface area contributed by atoms with E-state index in [9.17, 15) is 24.0 Å². The van der Waals surface area contributed by atoms with E-state index in [1.807, 2.05) is 0 Å². The molecule has 4 amide bonds. The minimum atomic E-state index is -1.02. The highest BCUT2D eigenvalue weighted by Gasteiger charge is 2.34. The molecule has 1 atom stereocenters. The molecule has 0 aromatic heterocycles. The molecule has 1 aromatic rings. The third-order valence-electron chi connectivity index (χ3n) is 4.41. The summed E-state index contributed by atoms with van der Waals surface area (Å²) < 4.78 is 5.04. The van der Waals surface area contributed by atoms with Crippen molar-refractivity contribution in [2.24, 2.45) is 5.73 Å². The lowest BCUT2D eigenvalue weighted by atomic mass is 10.2. The van der Waals surface area contributed by atoms with Crippen LogP contribution in [0.2, 0.25) is 0 Å². The van der Waals surface area contributed by atoms with Crippen LogP contribution in [-0.4, -0.2) is 72.1 Å². The van der Waals surface area contributed by atoms with Gasteiger partial charge in [-0.3, -0.25) is 19.2 Å². The van der Waals surface area contributed by atoms with Gasteiger partial charge in [-0.25, -0.2) is 9.69 Å². The number of amides is 4. The quantitative estimate of drug-likeness (QED) is 0.587. The second-order valence-corrected chi connectivity index (χ2v) is 6.33. The lowest BCUT2D eigenvalue weighted by Crippen LogP contribution is -2.50. The molecule has 1 saturated heterocycles. The number of nitrogens with zero attached hydrogens (tertiary/aromatic N) is 2. The summed E-state index contributed by atoms with van der Waals surface area (Å²) in [5, 5.41) is 2.40. The summed E-state index contributed by atoms with van der Waals surface area (Å²) >= 11 is 0. The Hall–Kier alpha value is -3.27. The maximum absolute atomic E-state index is 12.3. The van der Waals surface area contributed by atoms with Crippen molar-refractivity contribution in [2.45, 2.75) is 25.5 Å². The van der Waals surface area contributed by atoms with E-state index in [4.69, 9.17) is 10.5 Å². The average Bonchev–Trinajstić information content (AvgIpc) is 3.24. The van der Waals surface area contributed by atoms with Gasteiger partial charge in [0.25, 0.3) is 5.91 Å². The van der Waals surface area contributed by atoms with Gasteiger partial charge >= 0.3 is 6.09 Å².